The second-order valence-corrected chi connectivity index (χ2v) is 4.79. The van der Waals surface area contributed by atoms with Crippen LogP contribution in [0, 0.1) is 0 Å². The van der Waals surface area contributed by atoms with Crippen LogP contribution in [0.1, 0.15) is 40.5 Å². The minimum Gasteiger partial charge on any atom is -0.507 e. The molecular formula is C16H17NO4. The summed E-state index contributed by atoms with van der Waals surface area (Å²) in [5, 5.41) is 11.1. The van der Waals surface area contributed by atoms with Gasteiger partial charge < -0.3 is 15.6 Å². The summed E-state index contributed by atoms with van der Waals surface area (Å²) in [6.45, 7) is 2.40. The maximum Gasteiger partial charge on any atom is 0.338 e. The Morgan fingerprint density at radius 3 is 2.62 bits per heavy atom. The van der Waals surface area contributed by atoms with Gasteiger partial charge in [-0.2, -0.15) is 0 Å². The number of amides is 1. The average molecular weight is 287 g/mol. The molecule has 2 aromatic rings. The minimum absolute atomic E-state index is 0.0269. The lowest BCUT2D eigenvalue weighted by Gasteiger charge is -2.07. The molecule has 21 heavy (non-hydrogen) atoms. The van der Waals surface area contributed by atoms with Crippen LogP contribution in [0.15, 0.2) is 30.3 Å². The smallest absolute Gasteiger partial charge is 0.338 e. The molecule has 5 heteroatoms. The standard InChI is InChI=1S/C16H17NO4/c1-2-3-6-21-16(20)11-5-4-10-9-14(18)13(15(17)19)8-12(10)7-11/h4-5,7-9,18H,2-3,6H2,1H3,(H2,17,19). The van der Waals surface area contributed by atoms with Crippen LogP contribution < -0.4 is 5.73 Å². The zero-order valence-corrected chi connectivity index (χ0v) is 11.8. The molecule has 0 unspecified atom stereocenters. The molecule has 1 amide bonds. The lowest BCUT2D eigenvalue weighted by Crippen LogP contribution is -2.11. The van der Waals surface area contributed by atoms with Crippen molar-refractivity contribution in [2.24, 2.45) is 5.73 Å². The fourth-order valence-corrected chi connectivity index (χ4v) is 2.00. The number of hydrogen-bond donors (Lipinski definition) is 2. The third-order valence-corrected chi connectivity index (χ3v) is 3.19. The maximum absolute atomic E-state index is 11.9. The van der Waals surface area contributed by atoms with Crippen molar-refractivity contribution in [2.75, 3.05) is 6.61 Å². The fraction of sp³-hybridized carbons (Fsp3) is 0.250. The molecule has 0 aliphatic carbocycles. The lowest BCUT2D eigenvalue weighted by atomic mass is 10.0. The van der Waals surface area contributed by atoms with Crippen LogP contribution in [0.3, 0.4) is 0 Å². The van der Waals surface area contributed by atoms with Crippen molar-refractivity contribution in [3.8, 4) is 5.75 Å². The Hall–Kier alpha value is -2.56. The van der Waals surface area contributed by atoms with E-state index in [-0.39, 0.29) is 11.3 Å². The van der Waals surface area contributed by atoms with Crippen molar-refractivity contribution in [1.82, 2.24) is 0 Å². The van der Waals surface area contributed by atoms with Gasteiger partial charge in [-0.3, -0.25) is 4.79 Å². The largest absolute Gasteiger partial charge is 0.507 e. The fourth-order valence-electron chi connectivity index (χ4n) is 2.00. The maximum atomic E-state index is 11.9. The Labute approximate surface area is 122 Å². The number of nitrogens with two attached hydrogens (primary N) is 1. The quantitative estimate of drug-likeness (QED) is 0.653. The Balaban J connectivity index is 2.34. The number of primary amides is 1. The highest BCUT2D eigenvalue weighted by atomic mass is 16.5. The number of carbonyl (C=O) groups is 2. The molecule has 0 saturated carbocycles. The number of carbonyl (C=O) groups excluding carboxylic acids is 2. The molecule has 2 rings (SSSR count). The van der Waals surface area contributed by atoms with Gasteiger partial charge in [0.1, 0.15) is 5.75 Å². The lowest BCUT2D eigenvalue weighted by molar-refractivity contribution is 0.0500. The first-order chi connectivity index (χ1) is 10.0. The van der Waals surface area contributed by atoms with Gasteiger partial charge >= 0.3 is 5.97 Å². The van der Waals surface area contributed by atoms with E-state index < -0.39 is 11.9 Å². The van der Waals surface area contributed by atoms with Crippen molar-refractivity contribution >= 4 is 22.6 Å². The van der Waals surface area contributed by atoms with Crippen molar-refractivity contribution in [1.29, 1.82) is 0 Å². The summed E-state index contributed by atoms with van der Waals surface area (Å²) < 4.78 is 5.14. The number of benzene rings is 2. The predicted octanol–water partition coefficient (Wildman–Crippen LogP) is 2.60. The van der Waals surface area contributed by atoms with Gasteiger partial charge in [0.25, 0.3) is 5.91 Å². The summed E-state index contributed by atoms with van der Waals surface area (Å²) in [5.74, 6) is -1.29. The number of esters is 1. The van der Waals surface area contributed by atoms with Crippen LogP contribution in [-0.4, -0.2) is 23.6 Å². The molecule has 0 aliphatic rings. The molecule has 0 atom stereocenters. The van der Waals surface area contributed by atoms with E-state index in [1.54, 1.807) is 18.2 Å². The number of aromatic hydroxyl groups is 1. The molecule has 5 nitrogen and oxygen atoms in total. The molecule has 0 radical (unpaired) electrons. The second kappa shape index (κ2) is 6.26. The Morgan fingerprint density at radius 1 is 1.19 bits per heavy atom. The summed E-state index contributed by atoms with van der Waals surface area (Å²) in [6, 6.07) is 7.85. The van der Waals surface area contributed by atoms with E-state index in [2.05, 4.69) is 0 Å². The Bertz CT molecular complexity index is 694. The summed E-state index contributed by atoms with van der Waals surface area (Å²) in [7, 11) is 0. The number of ether oxygens (including phenoxy) is 1. The van der Waals surface area contributed by atoms with Gasteiger partial charge in [-0.25, -0.2) is 4.79 Å². The van der Waals surface area contributed by atoms with E-state index in [1.807, 2.05) is 6.92 Å². The molecule has 3 N–H and O–H groups in total. The van der Waals surface area contributed by atoms with E-state index in [1.165, 1.54) is 12.1 Å². The molecule has 0 aromatic heterocycles. The van der Waals surface area contributed by atoms with Crippen LogP contribution in [0.25, 0.3) is 10.8 Å². The Kier molecular flexibility index (Phi) is 4.42. The molecular weight excluding hydrogens is 270 g/mol. The molecule has 0 fully saturated rings. The third kappa shape index (κ3) is 3.31. The zero-order valence-electron chi connectivity index (χ0n) is 11.8. The van der Waals surface area contributed by atoms with Crippen LogP contribution in [-0.2, 0) is 4.74 Å². The second-order valence-electron chi connectivity index (χ2n) is 4.79. The minimum atomic E-state index is -0.717. The number of rotatable bonds is 5. The first-order valence-electron chi connectivity index (χ1n) is 6.76. The van der Waals surface area contributed by atoms with Crippen LogP contribution in [0.2, 0.25) is 0 Å². The summed E-state index contributed by atoms with van der Waals surface area (Å²) in [6.07, 6.45) is 1.77. The summed E-state index contributed by atoms with van der Waals surface area (Å²) in [4.78, 5) is 23.1. The topological polar surface area (TPSA) is 89.6 Å². The molecule has 2 aromatic carbocycles. The average Bonchev–Trinajstić information content (AvgIpc) is 2.46. The number of hydrogen-bond acceptors (Lipinski definition) is 4. The molecule has 110 valence electrons. The summed E-state index contributed by atoms with van der Waals surface area (Å²) >= 11 is 0. The zero-order chi connectivity index (χ0) is 15.4. The van der Waals surface area contributed by atoms with Gasteiger partial charge in [0.05, 0.1) is 17.7 Å². The first-order valence-corrected chi connectivity index (χ1v) is 6.76. The number of phenols is 1. The van der Waals surface area contributed by atoms with Crippen LogP contribution in [0.4, 0.5) is 0 Å². The van der Waals surface area contributed by atoms with Crippen LogP contribution >= 0.6 is 0 Å². The first kappa shape index (κ1) is 14.8. The monoisotopic (exact) mass is 287 g/mol. The molecule has 0 heterocycles. The third-order valence-electron chi connectivity index (χ3n) is 3.19. The highest BCUT2D eigenvalue weighted by Crippen LogP contribution is 2.25. The molecule has 0 saturated heterocycles. The van der Waals surface area contributed by atoms with E-state index >= 15 is 0 Å². The molecule has 0 spiro atoms. The van der Waals surface area contributed by atoms with Gasteiger partial charge in [0.2, 0.25) is 0 Å². The van der Waals surface area contributed by atoms with E-state index in [0.29, 0.717) is 22.9 Å². The summed E-state index contributed by atoms with van der Waals surface area (Å²) in [5.41, 5.74) is 5.62. The van der Waals surface area contributed by atoms with Gasteiger partial charge in [0, 0.05) is 0 Å². The highest BCUT2D eigenvalue weighted by molar-refractivity contribution is 6.02. The van der Waals surface area contributed by atoms with E-state index in [4.69, 9.17) is 10.5 Å². The molecule has 0 bridgehead atoms. The van der Waals surface area contributed by atoms with Gasteiger partial charge in [0.15, 0.2) is 0 Å². The molecule has 0 aliphatic heterocycles. The Morgan fingerprint density at radius 2 is 1.95 bits per heavy atom. The van der Waals surface area contributed by atoms with Crippen molar-refractivity contribution in [2.45, 2.75) is 19.8 Å². The number of unbranched alkanes of at least 4 members (excludes halogenated alkanes) is 1. The number of fused-ring (bicyclic) bond motifs is 1. The highest BCUT2D eigenvalue weighted by Gasteiger charge is 2.12. The van der Waals surface area contributed by atoms with Crippen molar-refractivity contribution in [3.63, 3.8) is 0 Å². The van der Waals surface area contributed by atoms with Gasteiger partial charge in [-0.05, 0) is 41.5 Å². The van der Waals surface area contributed by atoms with E-state index in [9.17, 15) is 14.7 Å². The van der Waals surface area contributed by atoms with Crippen molar-refractivity contribution < 1.29 is 19.4 Å². The SMILES string of the molecule is CCCCOC(=O)c1ccc2cc(O)c(C(N)=O)cc2c1. The predicted molar refractivity (Wildman–Crippen MR) is 79.3 cm³/mol. The normalized spacial score (nSPS) is 10.5. The van der Waals surface area contributed by atoms with E-state index in [0.717, 1.165) is 12.8 Å². The van der Waals surface area contributed by atoms with Gasteiger partial charge in [-0.15, -0.1) is 0 Å². The van der Waals surface area contributed by atoms with Crippen LogP contribution in [0.5, 0.6) is 5.75 Å². The van der Waals surface area contributed by atoms with Gasteiger partial charge in [-0.1, -0.05) is 19.4 Å². The van der Waals surface area contributed by atoms with Crippen molar-refractivity contribution in [3.05, 3.63) is 41.5 Å².